The number of nitrogens with one attached hydrogen (secondary N) is 2. The molecular weight excluding hydrogens is 254 g/mol. The lowest BCUT2D eigenvalue weighted by Crippen LogP contribution is -2.46. The molecule has 2 saturated carbocycles. The van der Waals surface area contributed by atoms with Gasteiger partial charge in [-0.15, -0.1) is 0 Å². The molecule has 2 rings (SSSR count). The van der Waals surface area contributed by atoms with Crippen LogP contribution >= 0.6 is 0 Å². The third kappa shape index (κ3) is 4.60. The minimum Gasteiger partial charge on any atom is -0.465 e. The fraction of sp³-hybridized carbons (Fsp3) is 0.923. The monoisotopic (exact) mass is 276 g/mol. The highest BCUT2D eigenvalue weighted by Crippen LogP contribution is 2.33. The third-order valence-electron chi connectivity index (χ3n) is 4.24. The number of carbonyl (C=O) groups is 1. The van der Waals surface area contributed by atoms with E-state index in [2.05, 4.69) is 10.6 Å². The van der Waals surface area contributed by atoms with E-state index in [4.69, 9.17) is 5.11 Å². The third-order valence-corrected chi connectivity index (χ3v) is 4.24. The second-order valence-electron chi connectivity index (χ2n) is 5.79. The van der Waals surface area contributed by atoms with E-state index in [1.54, 1.807) is 0 Å². The van der Waals surface area contributed by atoms with Crippen molar-refractivity contribution in [2.75, 3.05) is 0 Å². The first kappa shape index (κ1) is 14.5. The molecule has 0 saturated heterocycles. The van der Waals surface area contributed by atoms with E-state index in [1.807, 2.05) is 0 Å². The summed E-state index contributed by atoms with van der Waals surface area (Å²) in [6.07, 6.45) is 3.57. The lowest BCUT2D eigenvalue weighted by molar-refractivity contribution is -0.0415. The van der Waals surface area contributed by atoms with Crippen LogP contribution in [0.5, 0.6) is 0 Å². The summed E-state index contributed by atoms with van der Waals surface area (Å²) in [7, 11) is 0. The molecule has 0 atom stereocenters. The maximum Gasteiger partial charge on any atom is 0.404 e. The van der Waals surface area contributed by atoms with Crippen LogP contribution in [0.1, 0.15) is 51.4 Å². The van der Waals surface area contributed by atoms with Gasteiger partial charge in [-0.25, -0.2) is 13.6 Å². The van der Waals surface area contributed by atoms with Crippen LogP contribution in [0.2, 0.25) is 0 Å². The summed E-state index contributed by atoms with van der Waals surface area (Å²) in [6, 6.07) is 0.600. The Bertz CT molecular complexity index is 308. The van der Waals surface area contributed by atoms with E-state index >= 15 is 0 Å². The zero-order valence-corrected chi connectivity index (χ0v) is 11.0. The van der Waals surface area contributed by atoms with Crippen molar-refractivity contribution in [2.24, 2.45) is 0 Å². The Kier molecular flexibility index (Phi) is 4.60. The van der Waals surface area contributed by atoms with E-state index < -0.39 is 12.0 Å². The van der Waals surface area contributed by atoms with Crippen LogP contribution in [0.3, 0.4) is 0 Å². The van der Waals surface area contributed by atoms with Crippen molar-refractivity contribution in [3.8, 4) is 0 Å². The largest absolute Gasteiger partial charge is 0.465 e. The first-order chi connectivity index (χ1) is 8.94. The summed E-state index contributed by atoms with van der Waals surface area (Å²) in [5, 5.41) is 14.6. The summed E-state index contributed by atoms with van der Waals surface area (Å²) in [5.41, 5.74) is 0. The Morgan fingerprint density at radius 1 is 0.947 bits per heavy atom. The van der Waals surface area contributed by atoms with Gasteiger partial charge in [0.2, 0.25) is 5.92 Å². The van der Waals surface area contributed by atoms with Gasteiger partial charge in [-0.3, -0.25) is 0 Å². The van der Waals surface area contributed by atoms with E-state index in [0.717, 1.165) is 25.7 Å². The average Bonchev–Trinajstić information content (AvgIpc) is 2.34. The molecule has 19 heavy (non-hydrogen) atoms. The van der Waals surface area contributed by atoms with Crippen LogP contribution in [0.15, 0.2) is 0 Å². The number of hydrogen-bond acceptors (Lipinski definition) is 2. The molecule has 0 aromatic carbocycles. The highest BCUT2D eigenvalue weighted by atomic mass is 19.3. The lowest BCUT2D eigenvalue weighted by atomic mass is 9.87. The predicted molar refractivity (Wildman–Crippen MR) is 67.5 cm³/mol. The molecule has 110 valence electrons. The number of rotatable bonds is 3. The molecule has 0 bridgehead atoms. The van der Waals surface area contributed by atoms with Crippen LogP contribution in [0.4, 0.5) is 13.6 Å². The van der Waals surface area contributed by atoms with Crippen molar-refractivity contribution in [2.45, 2.75) is 75.4 Å². The fourth-order valence-electron chi connectivity index (χ4n) is 3.12. The number of halogens is 2. The van der Waals surface area contributed by atoms with Crippen molar-refractivity contribution in [3.05, 3.63) is 0 Å². The van der Waals surface area contributed by atoms with Gasteiger partial charge in [-0.05, 0) is 38.5 Å². The van der Waals surface area contributed by atoms with Crippen LogP contribution in [-0.4, -0.2) is 35.2 Å². The molecule has 0 aromatic heterocycles. The van der Waals surface area contributed by atoms with Gasteiger partial charge in [0.15, 0.2) is 0 Å². The molecule has 2 aliphatic rings. The number of amides is 1. The Morgan fingerprint density at radius 3 is 1.95 bits per heavy atom. The van der Waals surface area contributed by atoms with Crippen molar-refractivity contribution in [3.63, 3.8) is 0 Å². The Hall–Kier alpha value is -0.910. The minimum absolute atomic E-state index is 0.0133. The van der Waals surface area contributed by atoms with Gasteiger partial charge in [0, 0.05) is 31.0 Å². The maximum absolute atomic E-state index is 13.0. The van der Waals surface area contributed by atoms with E-state index in [-0.39, 0.29) is 24.9 Å². The molecule has 0 radical (unpaired) electrons. The van der Waals surface area contributed by atoms with Gasteiger partial charge in [0.1, 0.15) is 0 Å². The summed E-state index contributed by atoms with van der Waals surface area (Å²) >= 11 is 0. The van der Waals surface area contributed by atoms with E-state index in [1.165, 1.54) is 0 Å². The van der Waals surface area contributed by atoms with E-state index in [0.29, 0.717) is 18.9 Å². The summed E-state index contributed by atoms with van der Waals surface area (Å²) in [4.78, 5) is 10.5. The second-order valence-corrected chi connectivity index (χ2v) is 5.79. The lowest BCUT2D eigenvalue weighted by Gasteiger charge is -2.35. The first-order valence-electron chi connectivity index (χ1n) is 7.08. The van der Waals surface area contributed by atoms with Gasteiger partial charge in [-0.1, -0.05) is 0 Å². The standard InChI is InChI=1S/C13H22F2N2O2/c14-13(15)7-5-11(6-8-13)16-9-1-3-10(4-2-9)17-12(18)19/h9-11,16-17H,1-8H2,(H,18,19)/t9-,10+. The van der Waals surface area contributed by atoms with Gasteiger partial charge >= 0.3 is 6.09 Å². The number of hydrogen-bond donors (Lipinski definition) is 3. The van der Waals surface area contributed by atoms with Crippen molar-refractivity contribution < 1.29 is 18.7 Å². The zero-order valence-electron chi connectivity index (χ0n) is 11.0. The number of carboxylic acid groups (broad SMARTS) is 1. The Labute approximate surface area is 111 Å². The quantitative estimate of drug-likeness (QED) is 0.742. The summed E-state index contributed by atoms with van der Waals surface area (Å²) in [6.45, 7) is 0. The molecule has 0 aromatic rings. The highest BCUT2D eigenvalue weighted by molar-refractivity contribution is 5.64. The van der Waals surface area contributed by atoms with Crippen molar-refractivity contribution in [1.29, 1.82) is 0 Å². The molecule has 0 aliphatic heterocycles. The minimum atomic E-state index is -2.47. The topological polar surface area (TPSA) is 61.4 Å². The predicted octanol–water partition coefficient (Wildman–Crippen LogP) is 2.73. The van der Waals surface area contributed by atoms with Crippen molar-refractivity contribution in [1.82, 2.24) is 10.6 Å². The highest BCUT2D eigenvalue weighted by Gasteiger charge is 2.35. The molecule has 2 fully saturated rings. The van der Waals surface area contributed by atoms with Crippen LogP contribution in [-0.2, 0) is 0 Å². The molecular formula is C13H22F2N2O2. The summed E-state index contributed by atoms with van der Waals surface area (Å²) in [5.74, 6) is -2.47. The van der Waals surface area contributed by atoms with Crippen LogP contribution in [0, 0.1) is 0 Å². The average molecular weight is 276 g/mol. The molecule has 1 amide bonds. The molecule has 3 N–H and O–H groups in total. The van der Waals surface area contributed by atoms with Gasteiger partial charge < -0.3 is 15.7 Å². The normalized spacial score (nSPS) is 31.9. The maximum atomic E-state index is 13.0. The van der Waals surface area contributed by atoms with E-state index in [9.17, 15) is 13.6 Å². The summed E-state index contributed by atoms with van der Waals surface area (Å²) < 4.78 is 26.1. The van der Waals surface area contributed by atoms with Crippen LogP contribution < -0.4 is 10.6 Å². The van der Waals surface area contributed by atoms with Gasteiger partial charge in [-0.2, -0.15) is 0 Å². The van der Waals surface area contributed by atoms with Gasteiger partial charge in [0.05, 0.1) is 0 Å². The first-order valence-corrected chi connectivity index (χ1v) is 7.08. The Morgan fingerprint density at radius 2 is 1.42 bits per heavy atom. The second kappa shape index (κ2) is 6.03. The van der Waals surface area contributed by atoms with Crippen molar-refractivity contribution >= 4 is 6.09 Å². The SMILES string of the molecule is O=C(O)N[C@H]1CC[C@@H](NC2CCC(F)(F)CC2)CC1. The molecule has 2 aliphatic carbocycles. The molecule has 0 heterocycles. The molecule has 0 unspecified atom stereocenters. The molecule has 4 nitrogen and oxygen atoms in total. The Balaban J connectivity index is 1.67. The van der Waals surface area contributed by atoms with Crippen LogP contribution in [0.25, 0.3) is 0 Å². The number of alkyl halides is 2. The fourth-order valence-corrected chi connectivity index (χ4v) is 3.12. The smallest absolute Gasteiger partial charge is 0.404 e. The zero-order chi connectivity index (χ0) is 13.9. The molecule has 6 heteroatoms. The molecule has 0 spiro atoms. The van der Waals surface area contributed by atoms with Gasteiger partial charge in [0.25, 0.3) is 0 Å².